The van der Waals surface area contributed by atoms with Crippen molar-refractivity contribution < 1.29 is 14.3 Å². The van der Waals surface area contributed by atoms with Crippen LogP contribution in [-0.2, 0) is 9.53 Å². The van der Waals surface area contributed by atoms with E-state index in [1.54, 1.807) is 25.4 Å². The summed E-state index contributed by atoms with van der Waals surface area (Å²) in [6, 6.07) is 18.5. The predicted octanol–water partition coefficient (Wildman–Crippen LogP) is 6.57. The van der Waals surface area contributed by atoms with Gasteiger partial charge in [0.1, 0.15) is 12.4 Å². The fourth-order valence-corrected chi connectivity index (χ4v) is 6.05. The van der Waals surface area contributed by atoms with E-state index in [-0.39, 0.29) is 24.6 Å². The number of benzene rings is 2. The van der Waals surface area contributed by atoms with Crippen LogP contribution < -0.4 is 20.3 Å². The van der Waals surface area contributed by atoms with E-state index in [9.17, 15) is 4.79 Å². The standard InChI is InChI=1S/C30H29Cl2N5O3S/c1-17-13-21(18(2)36(17)25-14-19(31)8-11-26(25)40-4)29-28(24-7-5-6-12-33-24)35-30(41)37(29)20-9-10-23(22(32)15-20)34-27(38)16-39-3/h5-15,28-29H,16H2,1-4H3,(H,34,38)(H,35,41)/t28-,29-/m1/s1. The first-order valence-electron chi connectivity index (χ1n) is 12.8. The Morgan fingerprint density at radius 1 is 1.10 bits per heavy atom. The molecule has 0 aliphatic carbocycles. The van der Waals surface area contributed by atoms with Gasteiger partial charge in [-0.05, 0) is 86.2 Å². The van der Waals surface area contributed by atoms with Gasteiger partial charge in [0.25, 0.3) is 0 Å². The number of thiocarbonyl (C=S) groups is 1. The molecule has 2 atom stereocenters. The van der Waals surface area contributed by atoms with Crippen molar-refractivity contribution in [1.82, 2.24) is 14.9 Å². The van der Waals surface area contributed by atoms with E-state index in [2.05, 4.69) is 33.2 Å². The number of ether oxygens (including phenoxy) is 2. The number of anilines is 2. The van der Waals surface area contributed by atoms with Crippen LogP contribution in [0.5, 0.6) is 5.75 Å². The van der Waals surface area contributed by atoms with E-state index < -0.39 is 0 Å². The Hall–Kier alpha value is -3.63. The van der Waals surface area contributed by atoms with Crippen LogP contribution >= 0.6 is 35.4 Å². The zero-order valence-corrected chi connectivity index (χ0v) is 25.3. The van der Waals surface area contributed by atoms with Gasteiger partial charge in [0, 0.05) is 35.4 Å². The fourth-order valence-electron chi connectivity index (χ4n) is 5.32. The largest absolute Gasteiger partial charge is 0.495 e. The van der Waals surface area contributed by atoms with Crippen molar-refractivity contribution in [3.05, 3.63) is 99.6 Å². The van der Waals surface area contributed by atoms with E-state index >= 15 is 0 Å². The van der Waals surface area contributed by atoms with Crippen molar-refractivity contribution in [2.75, 3.05) is 31.0 Å². The zero-order valence-electron chi connectivity index (χ0n) is 22.9. The van der Waals surface area contributed by atoms with Crippen molar-refractivity contribution in [2.45, 2.75) is 25.9 Å². The summed E-state index contributed by atoms with van der Waals surface area (Å²) in [5.41, 5.74) is 5.99. The van der Waals surface area contributed by atoms with Crippen molar-refractivity contribution >= 4 is 57.8 Å². The van der Waals surface area contributed by atoms with E-state index in [4.69, 9.17) is 44.9 Å². The maximum absolute atomic E-state index is 12.1. The summed E-state index contributed by atoms with van der Waals surface area (Å²) in [5.74, 6) is 0.413. The number of nitrogens with one attached hydrogen (secondary N) is 2. The number of hydrogen-bond acceptors (Lipinski definition) is 5. The van der Waals surface area contributed by atoms with Crippen molar-refractivity contribution in [2.24, 2.45) is 0 Å². The predicted molar refractivity (Wildman–Crippen MR) is 167 cm³/mol. The number of carbonyl (C=O) groups is 1. The van der Waals surface area contributed by atoms with Crippen molar-refractivity contribution in [1.29, 1.82) is 0 Å². The Morgan fingerprint density at radius 2 is 1.90 bits per heavy atom. The molecule has 1 amide bonds. The number of hydrogen-bond donors (Lipinski definition) is 2. The van der Waals surface area contributed by atoms with E-state index in [0.717, 1.165) is 34.0 Å². The Kier molecular flexibility index (Phi) is 8.51. The van der Waals surface area contributed by atoms with Crippen LogP contribution in [0.1, 0.15) is 34.7 Å². The highest BCUT2D eigenvalue weighted by atomic mass is 35.5. The van der Waals surface area contributed by atoms with Gasteiger partial charge in [0.15, 0.2) is 5.11 Å². The molecule has 41 heavy (non-hydrogen) atoms. The lowest BCUT2D eigenvalue weighted by atomic mass is 9.96. The van der Waals surface area contributed by atoms with Crippen molar-refractivity contribution in [3.63, 3.8) is 0 Å². The molecule has 1 aliphatic heterocycles. The maximum Gasteiger partial charge on any atom is 0.250 e. The molecule has 2 aromatic heterocycles. The van der Waals surface area contributed by atoms with Gasteiger partial charge in [-0.25, -0.2) is 0 Å². The monoisotopic (exact) mass is 609 g/mol. The molecule has 8 nitrogen and oxygen atoms in total. The first-order valence-corrected chi connectivity index (χ1v) is 14.0. The summed E-state index contributed by atoms with van der Waals surface area (Å²) in [6.45, 7) is 4.05. The van der Waals surface area contributed by atoms with Crippen LogP contribution in [0.25, 0.3) is 5.69 Å². The second-order valence-electron chi connectivity index (χ2n) is 9.62. The average molecular weight is 611 g/mol. The van der Waals surface area contributed by atoms with E-state index in [0.29, 0.717) is 26.6 Å². The lowest BCUT2D eigenvalue weighted by Crippen LogP contribution is -2.29. The molecule has 5 rings (SSSR count). The van der Waals surface area contributed by atoms with Crippen molar-refractivity contribution in [3.8, 4) is 11.4 Å². The van der Waals surface area contributed by atoms with Gasteiger partial charge in [-0.15, -0.1) is 0 Å². The summed E-state index contributed by atoms with van der Waals surface area (Å²) in [4.78, 5) is 18.8. The number of methoxy groups -OCH3 is 2. The minimum Gasteiger partial charge on any atom is -0.495 e. The average Bonchev–Trinajstić information content (AvgIpc) is 3.45. The smallest absolute Gasteiger partial charge is 0.250 e. The molecular formula is C30H29Cl2N5O3S. The highest BCUT2D eigenvalue weighted by Gasteiger charge is 2.42. The molecule has 2 aromatic carbocycles. The van der Waals surface area contributed by atoms with Gasteiger partial charge in [-0.3, -0.25) is 9.78 Å². The highest BCUT2D eigenvalue weighted by molar-refractivity contribution is 7.80. The van der Waals surface area contributed by atoms with Gasteiger partial charge in [0.05, 0.1) is 41.3 Å². The minimum absolute atomic E-state index is 0.0704. The topological polar surface area (TPSA) is 80.7 Å². The van der Waals surface area contributed by atoms with Crippen LogP contribution in [-0.4, -0.2) is 41.4 Å². The molecule has 0 saturated carbocycles. The molecule has 0 bridgehead atoms. The summed E-state index contributed by atoms with van der Waals surface area (Å²) < 4.78 is 12.7. The number of pyridine rings is 1. The molecule has 0 unspecified atom stereocenters. The molecule has 3 heterocycles. The number of halogens is 2. The molecule has 11 heteroatoms. The van der Waals surface area contributed by atoms with Gasteiger partial charge >= 0.3 is 0 Å². The van der Waals surface area contributed by atoms with Gasteiger partial charge in [-0.1, -0.05) is 29.3 Å². The first-order chi connectivity index (χ1) is 19.7. The lowest BCUT2D eigenvalue weighted by Gasteiger charge is -2.28. The molecule has 0 radical (unpaired) electrons. The van der Waals surface area contributed by atoms with Crippen LogP contribution in [0, 0.1) is 13.8 Å². The number of amides is 1. The Labute approximate surface area is 254 Å². The SMILES string of the molecule is COCC(=O)Nc1ccc(N2C(=S)N[C@H](c3ccccn3)[C@H]2c2cc(C)n(-c3cc(Cl)ccc3OC)c2C)cc1Cl. The van der Waals surface area contributed by atoms with Crippen LogP contribution in [0.2, 0.25) is 10.0 Å². The van der Waals surface area contributed by atoms with Crippen LogP contribution in [0.15, 0.2) is 66.9 Å². The first kappa shape index (κ1) is 28.9. The second-order valence-corrected chi connectivity index (χ2v) is 10.9. The van der Waals surface area contributed by atoms with Gasteiger partial charge in [0.2, 0.25) is 5.91 Å². The lowest BCUT2D eigenvalue weighted by molar-refractivity contribution is -0.119. The fraction of sp³-hybridized carbons (Fsp3) is 0.233. The second kappa shape index (κ2) is 12.1. The highest BCUT2D eigenvalue weighted by Crippen LogP contribution is 2.45. The van der Waals surface area contributed by atoms with Gasteiger partial charge in [-0.2, -0.15) is 0 Å². The Morgan fingerprint density at radius 3 is 2.59 bits per heavy atom. The summed E-state index contributed by atoms with van der Waals surface area (Å²) in [5, 5.41) is 7.78. The molecule has 2 N–H and O–H groups in total. The minimum atomic E-state index is -0.294. The quantitative estimate of drug-likeness (QED) is 0.219. The third-order valence-electron chi connectivity index (χ3n) is 7.05. The van der Waals surface area contributed by atoms with Crippen LogP contribution in [0.4, 0.5) is 11.4 Å². The Balaban J connectivity index is 1.63. The van der Waals surface area contributed by atoms with Gasteiger partial charge < -0.3 is 29.6 Å². The summed E-state index contributed by atoms with van der Waals surface area (Å²) in [6.07, 6.45) is 1.77. The summed E-state index contributed by atoms with van der Waals surface area (Å²) >= 11 is 19.0. The maximum atomic E-state index is 12.1. The molecule has 1 saturated heterocycles. The summed E-state index contributed by atoms with van der Waals surface area (Å²) in [7, 11) is 3.11. The van der Waals surface area contributed by atoms with E-state index in [1.807, 2.05) is 54.3 Å². The number of rotatable bonds is 8. The number of aryl methyl sites for hydroxylation is 1. The molecule has 4 aromatic rings. The third kappa shape index (κ3) is 5.63. The van der Waals surface area contributed by atoms with E-state index in [1.165, 1.54) is 7.11 Å². The zero-order chi connectivity index (χ0) is 29.3. The number of aromatic nitrogens is 2. The molecule has 212 valence electrons. The molecule has 1 aliphatic rings. The Bertz CT molecular complexity index is 1610. The number of nitrogens with zero attached hydrogens (tertiary/aromatic N) is 3. The third-order valence-corrected chi connectivity index (χ3v) is 7.91. The molecule has 0 spiro atoms. The van der Waals surface area contributed by atoms with Crippen LogP contribution in [0.3, 0.4) is 0 Å². The number of carbonyl (C=O) groups excluding carboxylic acids is 1. The molecular weight excluding hydrogens is 581 g/mol. The molecule has 1 fully saturated rings. The normalized spacial score (nSPS) is 16.5.